The molecule has 3 unspecified atom stereocenters. The quantitative estimate of drug-likeness (QED) is 0.753. The fraction of sp³-hybridized carbons (Fsp3) is 0.625. The summed E-state index contributed by atoms with van der Waals surface area (Å²) in [4.78, 5) is 25.4. The van der Waals surface area contributed by atoms with Crippen LogP contribution in [0.25, 0.3) is 0 Å². The van der Waals surface area contributed by atoms with E-state index in [2.05, 4.69) is 22.9 Å². The first-order valence-corrected chi connectivity index (χ1v) is 8.72. The van der Waals surface area contributed by atoms with Gasteiger partial charge in [-0.3, -0.25) is 9.59 Å². The smallest absolute Gasteiger partial charge is 0.262 e. The predicted molar refractivity (Wildman–Crippen MR) is 96.2 cm³/mol. The number of hydrogen-bond donors (Lipinski definition) is 3. The molecule has 1 fully saturated rings. The lowest BCUT2D eigenvalue weighted by atomic mass is 9.94. The van der Waals surface area contributed by atoms with Gasteiger partial charge in [-0.15, -0.1) is 23.7 Å². The Balaban J connectivity index is 0.00000264. The van der Waals surface area contributed by atoms with Gasteiger partial charge in [0, 0.05) is 6.04 Å². The van der Waals surface area contributed by atoms with Gasteiger partial charge in [0.25, 0.3) is 5.91 Å². The van der Waals surface area contributed by atoms with E-state index in [1.165, 1.54) is 11.3 Å². The molecule has 7 heteroatoms. The zero-order chi connectivity index (χ0) is 16.1. The van der Waals surface area contributed by atoms with Gasteiger partial charge in [-0.05, 0) is 42.8 Å². The highest BCUT2D eigenvalue weighted by atomic mass is 35.5. The molecule has 0 saturated carbocycles. The largest absolute Gasteiger partial charge is 0.351 e. The number of halogens is 1. The molecule has 2 amide bonds. The van der Waals surface area contributed by atoms with Gasteiger partial charge in [-0.25, -0.2) is 0 Å². The number of hydrogen-bond acceptors (Lipinski definition) is 4. The van der Waals surface area contributed by atoms with Crippen LogP contribution in [0.2, 0.25) is 0 Å². The van der Waals surface area contributed by atoms with Crippen LogP contribution in [0.3, 0.4) is 0 Å². The van der Waals surface area contributed by atoms with Gasteiger partial charge in [0.05, 0.1) is 4.88 Å². The molecule has 0 aliphatic carbocycles. The SMILES string of the molecule is CC(C)C(NC(=O)c1cccs1)C(=O)NC1CCNCC1C.Cl. The lowest BCUT2D eigenvalue weighted by molar-refractivity contribution is -0.125. The Morgan fingerprint density at radius 3 is 2.70 bits per heavy atom. The molecule has 3 N–H and O–H groups in total. The summed E-state index contributed by atoms with van der Waals surface area (Å²) in [6.45, 7) is 7.86. The van der Waals surface area contributed by atoms with Crippen LogP contribution >= 0.6 is 23.7 Å². The number of rotatable bonds is 5. The molecule has 0 aromatic carbocycles. The van der Waals surface area contributed by atoms with E-state index in [1.54, 1.807) is 6.07 Å². The first kappa shape index (κ1) is 19.9. The van der Waals surface area contributed by atoms with E-state index >= 15 is 0 Å². The van der Waals surface area contributed by atoms with E-state index in [0.717, 1.165) is 19.5 Å². The molecule has 1 aromatic heterocycles. The summed E-state index contributed by atoms with van der Waals surface area (Å²) in [5, 5.41) is 11.2. The zero-order valence-corrected chi connectivity index (χ0v) is 15.4. The van der Waals surface area contributed by atoms with Crippen LogP contribution < -0.4 is 16.0 Å². The minimum Gasteiger partial charge on any atom is -0.351 e. The highest BCUT2D eigenvalue weighted by Crippen LogP contribution is 2.13. The fourth-order valence-electron chi connectivity index (χ4n) is 2.66. The molecule has 5 nitrogen and oxygen atoms in total. The van der Waals surface area contributed by atoms with Crippen molar-refractivity contribution in [1.29, 1.82) is 0 Å². The second-order valence-corrected chi connectivity index (χ2v) is 7.21. The summed E-state index contributed by atoms with van der Waals surface area (Å²) < 4.78 is 0. The van der Waals surface area contributed by atoms with E-state index in [-0.39, 0.29) is 36.2 Å². The Labute approximate surface area is 148 Å². The van der Waals surface area contributed by atoms with Gasteiger partial charge in [-0.2, -0.15) is 0 Å². The first-order valence-electron chi connectivity index (χ1n) is 7.84. The van der Waals surface area contributed by atoms with Crippen LogP contribution in [-0.4, -0.2) is 37.0 Å². The van der Waals surface area contributed by atoms with Crippen LogP contribution in [0.5, 0.6) is 0 Å². The van der Waals surface area contributed by atoms with Crippen molar-refractivity contribution in [3.63, 3.8) is 0 Å². The summed E-state index contributed by atoms with van der Waals surface area (Å²) in [7, 11) is 0. The third kappa shape index (κ3) is 5.48. The molecule has 3 atom stereocenters. The zero-order valence-electron chi connectivity index (χ0n) is 13.8. The Bertz CT molecular complexity index is 507. The molecule has 23 heavy (non-hydrogen) atoms. The number of carbonyl (C=O) groups excluding carboxylic acids is 2. The number of carbonyl (C=O) groups is 2. The van der Waals surface area contributed by atoms with Gasteiger partial charge < -0.3 is 16.0 Å². The van der Waals surface area contributed by atoms with Crippen LogP contribution in [0.1, 0.15) is 36.9 Å². The number of nitrogens with one attached hydrogen (secondary N) is 3. The summed E-state index contributed by atoms with van der Waals surface area (Å²) >= 11 is 1.38. The highest BCUT2D eigenvalue weighted by Gasteiger charge is 2.29. The van der Waals surface area contributed by atoms with E-state index in [1.807, 2.05) is 25.3 Å². The molecule has 1 aliphatic heterocycles. The van der Waals surface area contributed by atoms with Crippen LogP contribution in [0.15, 0.2) is 17.5 Å². The maximum absolute atomic E-state index is 12.6. The number of thiophene rings is 1. The lowest BCUT2D eigenvalue weighted by Crippen LogP contribution is -2.55. The molecule has 1 aromatic rings. The standard InChI is InChI=1S/C16H25N3O2S.ClH/c1-10(2)14(19-15(20)13-5-4-8-22-13)16(21)18-12-6-7-17-9-11(12)3;/h4-5,8,10-12,14,17H,6-7,9H2,1-3H3,(H,18,21)(H,19,20);1H. The summed E-state index contributed by atoms with van der Waals surface area (Å²) in [6.07, 6.45) is 0.927. The third-order valence-corrected chi connectivity index (χ3v) is 4.96. The van der Waals surface area contributed by atoms with Gasteiger partial charge >= 0.3 is 0 Å². The average Bonchev–Trinajstić information content (AvgIpc) is 3.00. The first-order chi connectivity index (χ1) is 10.5. The Kier molecular flexibility index (Phi) is 8.02. The second kappa shape index (κ2) is 9.25. The van der Waals surface area contributed by atoms with E-state index in [0.29, 0.717) is 10.8 Å². The molecule has 0 bridgehead atoms. The Morgan fingerprint density at radius 1 is 1.39 bits per heavy atom. The minimum absolute atomic E-state index is 0. The van der Waals surface area contributed by atoms with Gasteiger partial charge in [-0.1, -0.05) is 26.8 Å². The second-order valence-electron chi connectivity index (χ2n) is 6.26. The molecular weight excluding hydrogens is 334 g/mol. The van der Waals surface area contributed by atoms with Gasteiger partial charge in [0.1, 0.15) is 6.04 Å². The van der Waals surface area contributed by atoms with Crippen molar-refractivity contribution in [1.82, 2.24) is 16.0 Å². The van der Waals surface area contributed by atoms with E-state index < -0.39 is 6.04 Å². The van der Waals surface area contributed by atoms with Crippen LogP contribution in [0, 0.1) is 11.8 Å². The Morgan fingerprint density at radius 2 is 2.13 bits per heavy atom. The maximum Gasteiger partial charge on any atom is 0.262 e. The van der Waals surface area contributed by atoms with Crippen molar-refractivity contribution in [3.8, 4) is 0 Å². The van der Waals surface area contributed by atoms with Crippen molar-refractivity contribution < 1.29 is 9.59 Å². The van der Waals surface area contributed by atoms with Gasteiger partial charge in [0.15, 0.2) is 0 Å². The number of amides is 2. The molecule has 2 heterocycles. The minimum atomic E-state index is -0.503. The third-order valence-electron chi connectivity index (χ3n) is 4.09. The summed E-state index contributed by atoms with van der Waals surface area (Å²) in [5.74, 6) is 0.181. The molecular formula is C16H26ClN3O2S. The molecule has 130 valence electrons. The van der Waals surface area contributed by atoms with Crippen molar-refractivity contribution in [2.24, 2.45) is 11.8 Å². The normalized spacial score (nSPS) is 22.1. The highest BCUT2D eigenvalue weighted by molar-refractivity contribution is 7.12. The summed E-state index contributed by atoms with van der Waals surface area (Å²) in [6, 6.07) is 3.27. The van der Waals surface area contributed by atoms with Crippen molar-refractivity contribution in [2.75, 3.05) is 13.1 Å². The average molecular weight is 360 g/mol. The number of piperidine rings is 1. The van der Waals surface area contributed by atoms with Gasteiger partial charge in [0.2, 0.25) is 5.91 Å². The van der Waals surface area contributed by atoms with Crippen molar-refractivity contribution >= 4 is 35.6 Å². The van der Waals surface area contributed by atoms with Crippen molar-refractivity contribution in [2.45, 2.75) is 39.3 Å². The molecule has 1 aliphatic rings. The van der Waals surface area contributed by atoms with Crippen molar-refractivity contribution in [3.05, 3.63) is 22.4 Å². The van der Waals surface area contributed by atoms with Crippen LogP contribution in [0.4, 0.5) is 0 Å². The molecule has 0 radical (unpaired) electrons. The molecule has 2 rings (SSSR count). The van der Waals surface area contributed by atoms with E-state index in [4.69, 9.17) is 0 Å². The molecule has 1 saturated heterocycles. The lowest BCUT2D eigenvalue weighted by Gasteiger charge is -2.32. The Hall–Kier alpha value is -1.11. The fourth-order valence-corrected chi connectivity index (χ4v) is 3.28. The molecule has 0 spiro atoms. The topological polar surface area (TPSA) is 70.2 Å². The van der Waals surface area contributed by atoms with Crippen LogP contribution in [-0.2, 0) is 4.79 Å². The summed E-state index contributed by atoms with van der Waals surface area (Å²) in [5.41, 5.74) is 0. The predicted octanol–water partition coefficient (Wildman–Crippen LogP) is 2.04. The van der Waals surface area contributed by atoms with E-state index in [9.17, 15) is 9.59 Å². The maximum atomic E-state index is 12.6. The monoisotopic (exact) mass is 359 g/mol.